The van der Waals surface area contributed by atoms with E-state index < -0.39 is 128 Å². The average Bonchev–Trinajstić information content (AvgIpc) is 1.79. The number of hydrogen-bond acceptors (Lipinski definition) is 24. The van der Waals surface area contributed by atoms with Crippen molar-refractivity contribution >= 4 is 87.0 Å². The summed E-state index contributed by atoms with van der Waals surface area (Å²) in [5.74, 6) is -13.8. The van der Waals surface area contributed by atoms with Crippen molar-refractivity contribution in [2.75, 3.05) is 177 Å². The third-order valence-electron chi connectivity index (χ3n) is 18.0. The molecule has 39 heteroatoms. The van der Waals surface area contributed by atoms with Gasteiger partial charge in [0, 0.05) is 121 Å². The molecule has 0 aliphatic carbocycles. The van der Waals surface area contributed by atoms with Gasteiger partial charge in [0.25, 0.3) is 23.7 Å². The fourth-order valence-corrected chi connectivity index (χ4v) is 12.2. The number of hydrogen-bond donors (Lipinski definition) is 9. The van der Waals surface area contributed by atoms with Gasteiger partial charge in [-0.05, 0) is 80.6 Å². The molecule has 5 heterocycles. The van der Waals surface area contributed by atoms with E-state index in [1.54, 1.807) is 68.1 Å². The first-order valence-corrected chi connectivity index (χ1v) is 36.3. The van der Waals surface area contributed by atoms with Crippen LogP contribution in [0.4, 0.5) is 17.6 Å². The molecule has 3 saturated heterocycles. The SMILES string of the molecule is N#CC1CC(F)(F)CN1C(=O)CNC(=O)c1ccnc2ccc(OCCCCNC(=O)CC[C@H](NC(=O)CCOCCOCCOCCNC(=O)CN3CCN(CC(=O)O)CCN(CC(=O)O)CCN(CC(=O)O)CC3)C(=O)NCCCCOc3ccc4nccc(C(=O)NCC(=O)N5CC(F)(F)C[C@H]5C#N)c4c3)cc12. The second kappa shape index (κ2) is 44.9. The molecule has 0 spiro atoms. The van der Waals surface area contributed by atoms with Gasteiger partial charge in [0.05, 0.1) is 140 Å². The van der Waals surface area contributed by atoms with Crippen LogP contribution in [-0.2, 0) is 57.4 Å². The summed E-state index contributed by atoms with van der Waals surface area (Å²) >= 11 is 0. The van der Waals surface area contributed by atoms with Gasteiger partial charge in [-0.2, -0.15) is 10.5 Å². The van der Waals surface area contributed by atoms with Gasteiger partial charge < -0.3 is 80.7 Å². The molecule has 111 heavy (non-hydrogen) atoms. The van der Waals surface area contributed by atoms with Crippen LogP contribution in [0.3, 0.4) is 0 Å². The zero-order valence-electron chi connectivity index (χ0n) is 61.3. The maximum Gasteiger partial charge on any atom is 0.317 e. The third kappa shape index (κ3) is 30.7. The highest BCUT2D eigenvalue weighted by Crippen LogP contribution is 2.33. The largest absolute Gasteiger partial charge is 0.494 e. The van der Waals surface area contributed by atoms with Gasteiger partial charge in [-0.25, -0.2) is 17.6 Å². The lowest BCUT2D eigenvalue weighted by molar-refractivity contribution is -0.140. The van der Waals surface area contributed by atoms with E-state index in [1.807, 2.05) is 0 Å². The van der Waals surface area contributed by atoms with Crippen molar-refractivity contribution in [3.8, 4) is 23.6 Å². The number of fused-ring (bicyclic) bond motifs is 2. The van der Waals surface area contributed by atoms with Crippen molar-refractivity contribution in [1.29, 1.82) is 10.5 Å². The van der Waals surface area contributed by atoms with Crippen LogP contribution in [0.2, 0.25) is 0 Å². The summed E-state index contributed by atoms with van der Waals surface area (Å²) in [6, 6.07) is 12.1. The molecule has 3 aliphatic heterocycles. The zero-order valence-corrected chi connectivity index (χ0v) is 61.3. The number of carboxylic acids is 3. The van der Waals surface area contributed by atoms with Crippen LogP contribution in [0.5, 0.6) is 11.5 Å². The molecule has 1 unspecified atom stereocenters. The van der Waals surface area contributed by atoms with Crippen LogP contribution in [0.25, 0.3) is 21.8 Å². The van der Waals surface area contributed by atoms with Gasteiger partial charge in [0.15, 0.2) is 0 Å². The Morgan fingerprint density at radius 3 is 1.34 bits per heavy atom. The summed E-state index contributed by atoms with van der Waals surface area (Å²) < 4.78 is 84.6. The number of carbonyl (C=O) groups excluding carboxylic acids is 8. The Bertz CT molecular complexity index is 3920. The van der Waals surface area contributed by atoms with Gasteiger partial charge >= 0.3 is 17.9 Å². The minimum absolute atomic E-state index is 0.0479. The molecule has 2 aromatic heterocycles. The molecular weight excluding hydrogens is 1470 g/mol. The standard InChI is InChI=1S/C72H94F4N16O19/c73-71(74)37-49(39-77)91(47-71)63(96)41-84-68(104)53-11-16-79-57-7-5-51(35-55(53)57)110-27-3-1-14-81-60(93)10-9-59(70(106)83-15-2-4-28-111-52-6-8-58-56(36-52)54(12-17-80-58)69(105)85-42-64(97)92-48-72(75,76)38-50(92)40-78)86-61(94)13-29-107-31-33-109-34-32-108-30-18-82-62(95)43-87-19-21-88(44-65(98)99)23-25-90(46-67(102)103)26-24-89(22-20-87)45-66(100)101/h5-8,11-12,16-17,35-36,49-50,59H,1-4,9-10,13-15,18-34,37-38,41-48H2,(H,81,93)(H,82,95)(H,83,106)(H,84,104)(H,85,105)(H,86,94)(H,98,99)(H,100,101)(H,102,103)/t49?,50-,59-/m0/s1. The number of benzene rings is 2. The van der Waals surface area contributed by atoms with E-state index in [2.05, 4.69) is 41.9 Å². The molecule has 3 aliphatic rings. The Morgan fingerprint density at radius 2 is 0.901 bits per heavy atom. The molecule has 3 atom stereocenters. The maximum absolute atomic E-state index is 14.0. The Labute approximate surface area is 636 Å². The van der Waals surface area contributed by atoms with E-state index in [-0.39, 0.29) is 187 Å². The van der Waals surface area contributed by atoms with Crippen molar-refractivity contribution in [3.63, 3.8) is 0 Å². The average molecular weight is 1560 g/mol. The molecule has 7 rings (SSSR count). The summed E-state index contributed by atoms with van der Waals surface area (Å²) in [6.07, 6.45) is 2.57. The topological polar surface area (TPSA) is 460 Å². The number of nitrogens with one attached hydrogen (secondary N) is 6. The molecule has 0 bridgehead atoms. The van der Waals surface area contributed by atoms with Crippen molar-refractivity contribution in [1.82, 2.24) is 71.3 Å². The molecule has 604 valence electrons. The first-order chi connectivity index (χ1) is 53.2. The van der Waals surface area contributed by atoms with Crippen molar-refractivity contribution < 1.29 is 109 Å². The number of nitriles is 2. The number of pyridine rings is 2. The zero-order chi connectivity index (χ0) is 80.3. The lowest BCUT2D eigenvalue weighted by Gasteiger charge is -2.32. The van der Waals surface area contributed by atoms with Crippen LogP contribution < -0.4 is 41.4 Å². The van der Waals surface area contributed by atoms with Crippen molar-refractivity contribution in [2.24, 2.45) is 0 Å². The predicted octanol–water partition coefficient (Wildman–Crippen LogP) is 0.309. The Hall–Kier alpha value is -10.6. The Balaban J connectivity index is 0.819. The molecule has 9 N–H and O–H groups in total. The minimum Gasteiger partial charge on any atom is -0.494 e. The van der Waals surface area contributed by atoms with Crippen LogP contribution in [0.15, 0.2) is 60.9 Å². The van der Waals surface area contributed by atoms with Gasteiger partial charge in [-0.15, -0.1) is 0 Å². The number of unbranched alkanes of at least 4 members (excludes halogenated alkanes) is 2. The summed E-state index contributed by atoms with van der Waals surface area (Å²) in [5.41, 5.74) is 1.11. The summed E-state index contributed by atoms with van der Waals surface area (Å²) in [6.45, 7) is -0.492. The number of halogens is 4. The smallest absolute Gasteiger partial charge is 0.317 e. The quantitative estimate of drug-likeness (QED) is 0.0213. The van der Waals surface area contributed by atoms with E-state index in [0.717, 1.165) is 9.80 Å². The molecular formula is C72H94F4N16O19. The van der Waals surface area contributed by atoms with Gasteiger partial charge in [-0.3, -0.25) is 82.3 Å². The first-order valence-electron chi connectivity index (χ1n) is 36.3. The number of nitrogens with zero attached hydrogens (tertiary/aromatic N) is 10. The van der Waals surface area contributed by atoms with Gasteiger partial charge in [0.1, 0.15) is 29.6 Å². The van der Waals surface area contributed by atoms with Crippen LogP contribution in [-0.4, -0.2) is 327 Å². The number of aromatic nitrogens is 2. The van der Waals surface area contributed by atoms with Crippen LogP contribution >= 0.6 is 0 Å². The van der Waals surface area contributed by atoms with E-state index in [9.17, 15) is 96.1 Å². The lowest BCUT2D eigenvalue weighted by Crippen LogP contribution is -2.50. The van der Waals surface area contributed by atoms with Crippen LogP contribution in [0, 0.1) is 22.7 Å². The predicted molar refractivity (Wildman–Crippen MR) is 385 cm³/mol. The molecule has 0 radical (unpaired) electrons. The highest BCUT2D eigenvalue weighted by atomic mass is 19.3. The number of carbonyl (C=O) groups is 11. The van der Waals surface area contributed by atoms with Gasteiger partial charge in [-0.1, -0.05) is 0 Å². The summed E-state index contributed by atoms with van der Waals surface area (Å²) in [5, 5.41) is 63.8. The number of carboxylic acid groups (broad SMARTS) is 3. The fraction of sp³-hybridized carbons (Fsp3) is 0.569. The molecule has 35 nitrogen and oxygen atoms in total. The number of alkyl halides is 4. The van der Waals surface area contributed by atoms with E-state index in [1.165, 1.54) is 24.5 Å². The number of ether oxygens (including phenoxy) is 5. The van der Waals surface area contributed by atoms with Crippen molar-refractivity contribution in [3.05, 3.63) is 72.1 Å². The number of likely N-dealkylation sites (tertiary alicyclic amines) is 2. The maximum atomic E-state index is 14.0. The molecule has 8 amide bonds. The number of aliphatic carboxylic acids is 3. The van der Waals surface area contributed by atoms with E-state index in [4.69, 9.17) is 23.7 Å². The van der Waals surface area contributed by atoms with Crippen LogP contribution in [0.1, 0.15) is 78.5 Å². The lowest BCUT2D eigenvalue weighted by atomic mass is 10.1. The summed E-state index contributed by atoms with van der Waals surface area (Å²) in [7, 11) is 0. The monoisotopic (exact) mass is 1560 g/mol. The molecule has 4 aromatic rings. The second-order valence-corrected chi connectivity index (χ2v) is 26.5. The minimum atomic E-state index is -3.23. The van der Waals surface area contributed by atoms with E-state index in [0.29, 0.717) is 59.0 Å². The van der Waals surface area contributed by atoms with Crippen molar-refractivity contribution in [2.45, 2.75) is 87.8 Å². The highest BCUT2D eigenvalue weighted by molar-refractivity contribution is 6.08. The number of amides is 8. The molecule has 3 fully saturated rings. The fourth-order valence-electron chi connectivity index (χ4n) is 12.2. The number of rotatable bonds is 43. The Morgan fingerprint density at radius 1 is 0.486 bits per heavy atom. The normalized spacial score (nSPS) is 17.2. The van der Waals surface area contributed by atoms with Gasteiger partial charge in [0.2, 0.25) is 35.4 Å². The van der Waals surface area contributed by atoms with E-state index >= 15 is 0 Å². The highest BCUT2D eigenvalue weighted by Gasteiger charge is 2.48. The second-order valence-electron chi connectivity index (χ2n) is 26.5. The first kappa shape index (κ1) is 87.7. The third-order valence-corrected chi connectivity index (χ3v) is 18.0. The Kier molecular flexibility index (Phi) is 35.5. The summed E-state index contributed by atoms with van der Waals surface area (Å²) in [4.78, 5) is 157. The molecule has 2 aromatic carbocycles. The molecule has 0 saturated carbocycles.